The summed E-state index contributed by atoms with van der Waals surface area (Å²) in [5, 5.41) is 9.82. The van der Waals surface area contributed by atoms with Crippen molar-refractivity contribution in [2.45, 2.75) is 32.8 Å². The van der Waals surface area contributed by atoms with Gasteiger partial charge in [-0.1, -0.05) is 13.8 Å². The summed E-state index contributed by atoms with van der Waals surface area (Å²) in [6.07, 6.45) is 2.31. The van der Waals surface area contributed by atoms with E-state index in [1.54, 1.807) is 7.11 Å². The number of ether oxygens (including phenoxy) is 1. The molecule has 0 bridgehead atoms. The standard InChI is InChI=1S/C12H25NO2/c1-10(2)12(14)8-13-6-4-5-11(7-13)9-15-3/h10-12,14H,4-9H2,1-3H3. The van der Waals surface area contributed by atoms with Gasteiger partial charge in [-0.2, -0.15) is 0 Å². The van der Waals surface area contributed by atoms with E-state index in [1.165, 1.54) is 12.8 Å². The molecule has 1 saturated heterocycles. The van der Waals surface area contributed by atoms with E-state index in [2.05, 4.69) is 18.7 Å². The molecule has 3 nitrogen and oxygen atoms in total. The molecule has 0 aromatic heterocycles. The maximum absolute atomic E-state index is 9.82. The molecule has 1 fully saturated rings. The minimum Gasteiger partial charge on any atom is -0.392 e. The summed E-state index contributed by atoms with van der Waals surface area (Å²) in [6.45, 7) is 8.02. The molecule has 1 heterocycles. The van der Waals surface area contributed by atoms with Crippen LogP contribution in [0.3, 0.4) is 0 Å². The molecule has 1 aliphatic heterocycles. The highest BCUT2D eigenvalue weighted by atomic mass is 16.5. The van der Waals surface area contributed by atoms with Gasteiger partial charge in [-0.25, -0.2) is 0 Å². The number of aliphatic hydroxyl groups excluding tert-OH is 1. The highest BCUT2D eigenvalue weighted by Crippen LogP contribution is 2.17. The van der Waals surface area contributed by atoms with Crippen LogP contribution in [0.5, 0.6) is 0 Å². The fourth-order valence-corrected chi connectivity index (χ4v) is 2.16. The Bertz CT molecular complexity index is 171. The van der Waals surface area contributed by atoms with Crippen LogP contribution in [0.1, 0.15) is 26.7 Å². The van der Waals surface area contributed by atoms with Crippen LogP contribution in [-0.4, -0.2) is 49.5 Å². The van der Waals surface area contributed by atoms with E-state index in [0.29, 0.717) is 11.8 Å². The van der Waals surface area contributed by atoms with Gasteiger partial charge in [0.2, 0.25) is 0 Å². The second kappa shape index (κ2) is 6.46. The van der Waals surface area contributed by atoms with E-state index in [4.69, 9.17) is 4.74 Å². The third kappa shape index (κ3) is 4.49. The number of piperidine rings is 1. The number of hydrogen-bond donors (Lipinski definition) is 1. The summed E-state index contributed by atoms with van der Waals surface area (Å²) in [5.74, 6) is 1.01. The predicted molar refractivity (Wildman–Crippen MR) is 61.9 cm³/mol. The summed E-state index contributed by atoms with van der Waals surface area (Å²) in [4.78, 5) is 2.37. The monoisotopic (exact) mass is 215 g/mol. The number of hydrogen-bond acceptors (Lipinski definition) is 3. The minimum atomic E-state index is -0.189. The quantitative estimate of drug-likeness (QED) is 0.751. The van der Waals surface area contributed by atoms with Gasteiger partial charge in [0, 0.05) is 20.2 Å². The number of β-amino-alcohol motifs (C(OH)–C–C–N with tert-alkyl or cyclic N) is 1. The number of nitrogens with zero attached hydrogens (tertiary/aromatic N) is 1. The van der Waals surface area contributed by atoms with Crippen molar-refractivity contribution in [1.82, 2.24) is 4.90 Å². The lowest BCUT2D eigenvalue weighted by Crippen LogP contribution is -2.42. The first-order chi connectivity index (χ1) is 7.13. The Balaban J connectivity index is 2.29. The number of aliphatic hydroxyl groups is 1. The van der Waals surface area contributed by atoms with Crippen molar-refractivity contribution in [3.8, 4) is 0 Å². The third-order valence-corrected chi connectivity index (χ3v) is 3.22. The van der Waals surface area contributed by atoms with Crippen LogP contribution in [0.4, 0.5) is 0 Å². The molecule has 15 heavy (non-hydrogen) atoms. The van der Waals surface area contributed by atoms with E-state index in [9.17, 15) is 5.11 Å². The highest BCUT2D eigenvalue weighted by molar-refractivity contribution is 4.75. The topological polar surface area (TPSA) is 32.7 Å². The van der Waals surface area contributed by atoms with Crippen LogP contribution >= 0.6 is 0 Å². The van der Waals surface area contributed by atoms with Crippen molar-refractivity contribution in [2.24, 2.45) is 11.8 Å². The molecule has 0 amide bonds. The Kier molecular flexibility index (Phi) is 5.58. The molecule has 0 radical (unpaired) electrons. The molecule has 0 spiro atoms. The zero-order valence-electron chi connectivity index (χ0n) is 10.3. The smallest absolute Gasteiger partial charge is 0.0689 e. The van der Waals surface area contributed by atoms with Crippen molar-refractivity contribution in [3.63, 3.8) is 0 Å². The molecule has 1 N–H and O–H groups in total. The lowest BCUT2D eigenvalue weighted by Gasteiger charge is -2.34. The van der Waals surface area contributed by atoms with Gasteiger partial charge in [-0.05, 0) is 31.2 Å². The van der Waals surface area contributed by atoms with Gasteiger partial charge in [0.05, 0.1) is 12.7 Å². The van der Waals surface area contributed by atoms with E-state index in [1.807, 2.05) is 0 Å². The van der Waals surface area contributed by atoms with Crippen molar-refractivity contribution >= 4 is 0 Å². The van der Waals surface area contributed by atoms with Crippen molar-refractivity contribution in [1.29, 1.82) is 0 Å². The molecular formula is C12H25NO2. The molecule has 3 heteroatoms. The Morgan fingerprint density at radius 2 is 2.20 bits per heavy atom. The molecule has 0 aliphatic carbocycles. The van der Waals surface area contributed by atoms with Crippen molar-refractivity contribution in [2.75, 3.05) is 33.4 Å². The van der Waals surface area contributed by atoms with Gasteiger partial charge in [0.15, 0.2) is 0 Å². The lowest BCUT2D eigenvalue weighted by molar-refractivity contribution is 0.0395. The van der Waals surface area contributed by atoms with E-state index in [0.717, 1.165) is 26.2 Å². The SMILES string of the molecule is COCC1CCCN(CC(O)C(C)C)C1. The molecular weight excluding hydrogens is 190 g/mol. The number of methoxy groups -OCH3 is 1. The summed E-state index contributed by atoms with van der Waals surface area (Å²) < 4.78 is 5.19. The highest BCUT2D eigenvalue weighted by Gasteiger charge is 2.22. The maximum atomic E-state index is 9.82. The van der Waals surface area contributed by atoms with Crippen LogP contribution in [0.15, 0.2) is 0 Å². The number of likely N-dealkylation sites (tertiary alicyclic amines) is 1. The maximum Gasteiger partial charge on any atom is 0.0689 e. The normalized spacial score (nSPS) is 25.8. The third-order valence-electron chi connectivity index (χ3n) is 3.22. The molecule has 1 aliphatic rings. The molecule has 0 aromatic rings. The summed E-state index contributed by atoms with van der Waals surface area (Å²) in [5.41, 5.74) is 0. The Hall–Kier alpha value is -0.120. The average molecular weight is 215 g/mol. The molecule has 1 rings (SSSR count). The summed E-state index contributed by atoms with van der Waals surface area (Å²) >= 11 is 0. The first-order valence-corrected chi connectivity index (χ1v) is 6.02. The molecule has 90 valence electrons. The van der Waals surface area contributed by atoms with Gasteiger partial charge in [-0.15, -0.1) is 0 Å². The lowest BCUT2D eigenvalue weighted by atomic mass is 9.97. The van der Waals surface area contributed by atoms with E-state index < -0.39 is 0 Å². The Labute approximate surface area is 93.4 Å². The minimum absolute atomic E-state index is 0.189. The first-order valence-electron chi connectivity index (χ1n) is 6.02. The summed E-state index contributed by atoms with van der Waals surface area (Å²) in [7, 11) is 1.77. The van der Waals surface area contributed by atoms with Crippen molar-refractivity contribution < 1.29 is 9.84 Å². The van der Waals surface area contributed by atoms with Gasteiger partial charge >= 0.3 is 0 Å². The summed E-state index contributed by atoms with van der Waals surface area (Å²) in [6, 6.07) is 0. The van der Waals surface area contributed by atoms with Crippen LogP contribution in [0.2, 0.25) is 0 Å². The average Bonchev–Trinajstić information content (AvgIpc) is 2.18. The van der Waals surface area contributed by atoms with Gasteiger partial charge in [0.25, 0.3) is 0 Å². The van der Waals surface area contributed by atoms with Gasteiger partial charge in [0.1, 0.15) is 0 Å². The van der Waals surface area contributed by atoms with Gasteiger partial charge in [-0.3, -0.25) is 0 Å². The van der Waals surface area contributed by atoms with Crippen LogP contribution < -0.4 is 0 Å². The fourth-order valence-electron chi connectivity index (χ4n) is 2.16. The molecule has 2 unspecified atom stereocenters. The van der Waals surface area contributed by atoms with E-state index >= 15 is 0 Å². The molecule has 2 atom stereocenters. The zero-order chi connectivity index (χ0) is 11.3. The van der Waals surface area contributed by atoms with Crippen LogP contribution in [-0.2, 0) is 4.74 Å². The van der Waals surface area contributed by atoms with Gasteiger partial charge < -0.3 is 14.7 Å². The van der Waals surface area contributed by atoms with Crippen LogP contribution in [0.25, 0.3) is 0 Å². The van der Waals surface area contributed by atoms with E-state index in [-0.39, 0.29) is 6.10 Å². The van der Waals surface area contributed by atoms with Crippen molar-refractivity contribution in [3.05, 3.63) is 0 Å². The Morgan fingerprint density at radius 3 is 2.80 bits per heavy atom. The fraction of sp³-hybridized carbons (Fsp3) is 1.00. The molecule has 0 aromatic carbocycles. The Morgan fingerprint density at radius 1 is 1.47 bits per heavy atom. The molecule has 0 saturated carbocycles. The zero-order valence-corrected chi connectivity index (χ0v) is 10.3. The predicted octanol–water partition coefficient (Wildman–Crippen LogP) is 1.36. The second-order valence-corrected chi connectivity index (χ2v) is 5.03. The number of rotatable bonds is 5. The largest absolute Gasteiger partial charge is 0.392 e. The second-order valence-electron chi connectivity index (χ2n) is 5.03. The first kappa shape index (κ1) is 12.9. The van der Waals surface area contributed by atoms with Crippen LogP contribution in [0, 0.1) is 11.8 Å².